The van der Waals surface area contributed by atoms with Crippen LogP contribution in [-0.4, -0.2) is 52.6 Å². The fourth-order valence-electron chi connectivity index (χ4n) is 4.79. The smallest absolute Gasteiger partial charge is 0.416 e. The number of fused-ring (bicyclic) bond motifs is 1. The van der Waals surface area contributed by atoms with Crippen molar-refractivity contribution in [2.75, 3.05) is 14.2 Å². The summed E-state index contributed by atoms with van der Waals surface area (Å²) in [5.41, 5.74) is -2.41. The van der Waals surface area contributed by atoms with Crippen LogP contribution in [0.2, 0.25) is 0 Å². The van der Waals surface area contributed by atoms with Crippen LogP contribution >= 0.6 is 27.7 Å². The summed E-state index contributed by atoms with van der Waals surface area (Å²) >= 11 is 3.70. The van der Waals surface area contributed by atoms with Gasteiger partial charge in [-0.05, 0) is 63.6 Å². The molecule has 210 valence electrons. The highest BCUT2D eigenvalue weighted by molar-refractivity contribution is 9.10. The summed E-state index contributed by atoms with van der Waals surface area (Å²) in [4.78, 5) is 32.1. The standard InChI is InChI=1S/C27H28BrF3N2O5S/c1-24(2,3)38-23(35)33(14-15-7-10-17(36-5)11-8-15)22-32-25(4,18-13-16(28)9-12-19(18)29)20-26(39-22,21(34)37-6)27(20,30)31/h7-13,20H,14H2,1-6H3/t20-,25+,26-/m0/s1. The number of halogens is 4. The van der Waals surface area contributed by atoms with Crippen molar-refractivity contribution in [2.24, 2.45) is 10.9 Å². The SMILES string of the molecule is COC(=O)[C@@]12SC(N(Cc3ccc(OC)cc3)C(=O)OC(C)(C)C)=N[C@](C)(c3cc(Br)ccc3F)[C@@H]1C2(F)F. The van der Waals surface area contributed by atoms with E-state index < -0.39 is 45.6 Å². The average Bonchev–Trinajstić information content (AvgIpc) is 3.39. The van der Waals surface area contributed by atoms with E-state index in [2.05, 4.69) is 20.9 Å². The Morgan fingerprint density at radius 2 is 1.77 bits per heavy atom. The molecule has 3 atom stereocenters. The van der Waals surface area contributed by atoms with Gasteiger partial charge in [-0.1, -0.05) is 39.8 Å². The van der Waals surface area contributed by atoms with Crippen molar-refractivity contribution in [1.29, 1.82) is 0 Å². The lowest BCUT2D eigenvalue weighted by Crippen LogP contribution is -2.46. The Morgan fingerprint density at radius 3 is 2.33 bits per heavy atom. The van der Waals surface area contributed by atoms with Crippen LogP contribution in [0.15, 0.2) is 51.9 Å². The summed E-state index contributed by atoms with van der Waals surface area (Å²) in [6, 6.07) is 10.7. The van der Waals surface area contributed by atoms with E-state index in [9.17, 15) is 9.59 Å². The monoisotopic (exact) mass is 628 g/mol. The molecule has 0 unspecified atom stereocenters. The first-order chi connectivity index (χ1) is 18.1. The zero-order valence-corrected chi connectivity index (χ0v) is 24.6. The quantitative estimate of drug-likeness (QED) is 0.351. The first-order valence-corrected chi connectivity index (χ1v) is 13.6. The van der Waals surface area contributed by atoms with E-state index in [0.717, 1.165) is 18.1 Å². The van der Waals surface area contributed by atoms with Crippen LogP contribution in [0.3, 0.4) is 0 Å². The number of amidine groups is 1. The lowest BCUT2D eigenvalue weighted by Gasteiger charge is -2.36. The molecule has 0 aromatic heterocycles. The number of nitrogens with zero attached hydrogens (tertiary/aromatic N) is 2. The van der Waals surface area contributed by atoms with Crippen LogP contribution < -0.4 is 4.74 Å². The zero-order chi connectivity index (χ0) is 29.0. The molecule has 0 saturated heterocycles. The Morgan fingerprint density at radius 1 is 1.13 bits per heavy atom. The summed E-state index contributed by atoms with van der Waals surface area (Å²) < 4.78 is 60.3. The molecule has 1 aliphatic carbocycles. The summed E-state index contributed by atoms with van der Waals surface area (Å²) in [6.07, 6.45) is -0.871. The summed E-state index contributed by atoms with van der Waals surface area (Å²) in [5, 5.41) is -0.222. The molecular weight excluding hydrogens is 601 g/mol. The van der Waals surface area contributed by atoms with E-state index in [1.165, 1.54) is 26.2 Å². The van der Waals surface area contributed by atoms with Gasteiger partial charge in [0.2, 0.25) is 0 Å². The normalized spacial score (nSPS) is 25.2. The summed E-state index contributed by atoms with van der Waals surface area (Å²) in [7, 11) is 2.52. The minimum atomic E-state index is -3.63. The fraction of sp³-hybridized carbons (Fsp3) is 0.444. The molecule has 1 amide bonds. The predicted molar refractivity (Wildman–Crippen MR) is 144 cm³/mol. The molecule has 0 radical (unpaired) electrons. The number of carbonyl (C=O) groups excluding carboxylic acids is 2. The molecule has 39 heavy (non-hydrogen) atoms. The third-order valence-electron chi connectivity index (χ3n) is 6.63. The zero-order valence-electron chi connectivity index (χ0n) is 22.2. The molecule has 1 fully saturated rings. The Hall–Kier alpha value is -2.73. The van der Waals surface area contributed by atoms with Gasteiger partial charge in [-0.3, -0.25) is 14.7 Å². The Balaban J connectivity index is 1.90. The molecule has 12 heteroatoms. The molecule has 1 heterocycles. The van der Waals surface area contributed by atoms with E-state index in [-0.39, 0.29) is 17.3 Å². The number of hydrogen-bond acceptors (Lipinski definition) is 7. The number of alkyl halides is 2. The number of amides is 1. The highest BCUT2D eigenvalue weighted by Gasteiger charge is 2.92. The van der Waals surface area contributed by atoms with Gasteiger partial charge in [-0.2, -0.15) is 0 Å². The van der Waals surface area contributed by atoms with Crippen molar-refractivity contribution in [3.05, 3.63) is 63.9 Å². The second kappa shape index (κ2) is 10.0. The van der Waals surface area contributed by atoms with Crippen LogP contribution in [0, 0.1) is 11.7 Å². The maximum atomic E-state index is 15.7. The Kier molecular flexibility index (Phi) is 7.52. The molecule has 1 saturated carbocycles. The van der Waals surface area contributed by atoms with Crippen molar-refractivity contribution in [3.63, 3.8) is 0 Å². The van der Waals surface area contributed by atoms with Crippen LogP contribution in [0.1, 0.15) is 38.8 Å². The predicted octanol–water partition coefficient (Wildman–Crippen LogP) is 6.53. The number of carbonyl (C=O) groups is 2. The molecule has 4 rings (SSSR count). The van der Waals surface area contributed by atoms with Crippen molar-refractivity contribution in [1.82, 2.24) is 4.90 Å². The topological polar surface area (TPSA) is 77.4 Å². The van der Waals surface area contributed by atoms with Crippen LogP contribution in [0.5, 0.6) is 5.75 Å². The van der Waals surface area contributed by atoms with Gasteiger partial charge in [0.25, 0.3) is 5.92 Å². The first kappa shape index (κ1) is 29.3. The Labute approximate surface area is 237 Å². The number of benzene rings is 2. The molecule has 0 N–H and O–H groups in total. The first-order valence-electron chi connectivity index (χ1n) is 11.9. The van der Waals surface area contributed by atoms with Gasteiger partial charge in [0.1, 0.15) is 17.2 Å². The molecule has 2 aliphatic rings. The van der Waals surface area contributed by atoms with Crippen molar-refractivity contribution < 1.29 is 37.0 Å². The van der Waals surface area contributed by atoms with Crippen molar-refractivity contribution in [3.8, 4) is 5.75 Å². The lowest BCUT2D eigenvalue weighted by molar-refractivity contribution is -0.143. The minimum absolute atomic E-state index is 0.130. The molecule has 0 bridgehead atoms. The number of ether oxygens (including phenoxy) is 3. The third-order valence-corrected chi connectivity index (χ3v) is 8.61. The largest absolute Gasteiger partial charge is 0.497 e. The molecular formula is C27H28BrF3N2O5S. The lowest BCUT2D eigenvalue weighted by atomic mass is 9.85. The van der Waals surface area contributed by atoms with Gasteiger partial charge in [-0.25, -0.2) is 18.0 Å². The number of esters is 1. The number of methoxy groups -OCH3 is 2. The molecule has 2 aromatic carbocycles. The van der Waals surface area contributed by atoms with Crippen molar-refractivity contribution >= 4 is 44.9 Å². The molecule has 0 spiro atoms. The number of aliphatic imine (C=N–C) groups is 1. The van der Waals surface area contributed by atoms with Crippen LogP contribution in [0.4, 0.5) is 18.0 Å². The molecule has 7 nitrogen and oxygen atoms in total. The van der Waals surface area contributed by atoms with Gasteiger partial charge < -0.3 is 14.2 Å². The number of thioether (sulfide) groups is 1. The van der Waals surface area contributed by atoms with Gasteiger partial charge in [-0.15, -0.1) is 0 Å². The fourth-order valence-corrected chi connectivity index (χ4v) is 6.78. The highest BCUT2D eigenvalue weighted by atomic mass is 79.9. The Bertz CT molecular complexity index is 1330. The third kappa shape index (κ3) is 5.01. The number of rotatable bonds is 5. The summed E-state index contributed by atoms with van der Waals surface area (Å²) in [6.45, 7) is 6.19. The van der Waals surface area contributed by atoms with E-state index in [1.807, 2.05) is 0 Å². The number of hydrogen-bond donors (Lipinski definition) is 0. The van der Waals surface area contributed by atoms with Gasteiger partial charge in [0.15, 0.2) is 9.91 Å². The van der Waals surface area contributed by atoms with Gasteiger partial charge >= 0.3 is 12.1 Å². The second-order valence-corrected chi connectivity index (χ2v) is 12.6. The second-order valence-electron chi connectivity index (χ2n) is 10.5. The van der Waals surface area contributed by atoms with E-state index in [1.54, 1.807) is 45.0 Å². The average molecular weight is 629 g/mol. The molecule has 1 aliphatic heterocycles. The highest BCUT2D eigenvalue weighted by Crippen LogP contribution is 2.75. The maximum absolute atomic E-state index is 15.7. The van der Waals surface area contributed by atoms with E-state index in [0.29, 0.717) is 27.5 Å². The van der Waals surface area contributed by atoms with Crippen molar-refractivity contribution in [2.45, 2.75) is 56.0 Å². The molecule has 2 aromatic rings. The van der Waals surface area contributed by atoms with Gasteiger partial charge in [0.05, 0.1) is 32.2 Å². The van der Waals surface area contributed by atoms with Gasteiger partial charge in [0, 0.05) is 10.0 Å². The minimum Gasteiger partial charge on any atom is -0.497 e. The van der Waals surface area contributed by atoms with Crippen LogP contribution in [0.25, 0.3) is 0 Å². The summed E-state index contributed by atoms with van der Waals surface area (Å²) in [5.74, 6) is -6.75. The maximum Gasteiger partial charge on any atom is 0.416 e. The van der Waals surface area contributed by atoms with E-state index >= 15 is 13.2 Å². The van der Waals surface area contributed by atoms with E-state index in [4.69, 9.17) is 14.2 Å². The van der Waals surface area contributed by atoms with Crippen LogP contribution in [-0.2, 0) is 26.4 Å².